The third-order valence-electron chi connectivity index (χ3n) is 3.27. The molecule has 0 spiro atoms. The topological polar surface area (TPSA) is 89.9 Å². The zero-order valence-electron chi connectivity index (χ0n) is 12.8. The second-order valence-corrected chi connectivity index (χ2v) is 5.56. The molecule has 0 heterocycles. The summed E-state index contributed by atoms with van der Waals surface area (Å²) in [6, 6.07) is 3.69. The smallest absolute Gasteiger partial charge is 0.339 e. The number of carbonyl (C=O) groups excluding carboxylic acids is 1. The quantitative estimate of drug-likeness (QED) is 0.728. The molecule has 1 rings (SSSR count). The van der Waals surface area contributed by atoms with E-state index in [2.05, 4.69) is 19.2 Å². The Bertz CT molecular complexity index is 528. The number of carbonyl (C=O) groups is 2. The fraction of sp³-hybridized carbons (Fsp3) is 0.467. The maximum Gasteiger partial charge on any atom is 0.339 e. The van der Waals surface area contributed by atoms with Gasteiger partial charge in [0.1, 0.15) is 11.3 Å². The van der Waals surface area contributed by atoms with Gasteiger partial charge in [0.2, 0.25) is 0 Å². The summed E-state index contributed by atoms with van der Waals surface area (Å²) < 4.78 is 0. The zero-order chi connectivity index (χ0) is 16.2. The van der Waals surface area contributed by atoms with E-state index in [1.165, 1.54) is 18.2 Å². The van der Waals surface area contributed by atoms with Crippen molar-refractivity contribution in [1.29, 1.82) is 0 Å². The molecule has 1 aromatic carbocycles. The normalized spacial score (nSPS) is 12.0. The van der Waals surface area contributed by atoms with Crippen LogP contribution >= 0.6 is 0 Å². The van der Waals surface area contributed by atoms with E-state index >= 15 is 0 Å². The number of rotatable bonds is 5. The summed E-state index contributed by atoms with van der Waals surface area (Å²) in [4.78, 5) is 24.6. The van der Waals surface area contributed by atoms with Crippen LogP contribution in [0.2, 0.25) is 0 Å². The van der Waals surface area contributed by atoms with Crippen molar-refractivity contribution in [2.75, 3.05) is 12.4 Å². The lowest BCUT2D eigenvalue weighted by Crippen LogP contribution is -2.38. The molecule has 0 radical (unpaired) electrons. The van der Waals surface area contributed by atoms with Crippen molar-refractivity contribution in [2.24, 2.45) is 5.92 Å². The Labute approximate surface area is 124 Å². The van der Waals surface area contributed by atoms with E-state index in [0.717, 1.165) is 6.42 Å². The minimum Gasteiger partial charge on any atom is -0.507 e. The number of benzene rings is 1. The molecule has 0 aromatic heterocycles. The Hall–Kier alpha value is -2.24. The van der Waals surface area contributed by atoms with Gasteiger partial charge in [-0.2, -0.15) is 0 Å². The molecule has 6 nitrogen and oxygen atoms in total. The van der Waals surface area contributed by atoms with E-state index in [1.807, 2.05) is 6.92 Å². The van der Waals surface area contributed by atoms with E-state index in [4.69, 9.17) is 5.11 Å². The van der Waals surface area contributed by atoms with Crippen LogP contribution in [0.3, 0.4) is 0 Å². The Morgan fingerprint density at radius 2 is 1.90 bits per heavy atom. The van der Waals surface area contributed by atoms with Gasteiger partial charge in [0.25, 0.3) is 0 Å². The van der Waals surface area contributed by atoms with Gasteiger partial charge in [-0.1, -0.05) is 13.8 Å². The number of carboxylic acid groups (broad SMARTS) is 1. The Balaban J connectivity index is 2.79. The van der Waals surface area contributed by atoms with E-state index in [1.54, 1.807) is 11.9 Å². The van der Waals surface area contributed by atoms with Crippen molar-refractivity contribution in [3.63, 3.8) is 0 Å². The van der Waals surface area contributed by atoms with Gasteiger partial charge >= 0.3 is 12.0 Å². The van der Waals surface area contributed by atoms with Gasteiger partial charge in [-0.05, 0) is 37.5 Å². The lowest BCUT2D eigenvalue weighted by molar-refractivity contribution is 0.0693. The van der Waals surface area contributed by atoms with Gasteiger partial charge in [-0.3, -0.25) is 0 Å². The van der Waals surface area contributed by atoms with Gasteiger partial charge in [0, 0.05) is 18.8 Å². The number of carboxylic acids is 1. The summed E-state index contributed by atoms with van der Waals surface area (Å²) in [5.74, 6) is -1.10. The third-order valence-corrected chi connectivity index (χ3v) is 3.27. The van der Waals surface area contributed by atoms with Crippen molar-refractivity contribution in [2.45, 2.75) is 33.2 Å². The maximum absolute atomic E-state index is 12.1. The first kappa shape index (κ1) is 16.8. The number of amides is 2. The minimum atomic E-state index is -1.25. The van der Waals surface area contributed by atoms with Crippen LogP contribution in [0, 0.1) is 5.92 Å². The maximum atomic E-state index is 12.1. The number of aromatic carboxylic acids is 1. The number of hydrogen-bond donors (Lipinski definition) is 3. The largest absolute Gasteiger partial charge is 0.507 e. The van der Waals surface area contributed by atoms with Crippen LogP contribution in [-0.4, -0.2) is 40.2 Å². The Morgan fingerprint density at radius 3 is 2.43 bits per heavy atom. The van der Waals surface area contributed by atoms with Crippen LogP contribution < -0.4 is 5.32 Å². The van der Waals surface area contributed by atoms with Crippen molar-refractivity contribution in [3.8, 4) is 5.75 Å². The van der Waals surface area contributed by atoms with Crippen molar-refractivity contribution in [3.05, 3.63) is 23.8 Å². The number of phenols is 1. The van der Waals surface area contributed by atoms with Crippen LogP contribution in [0.1, 0.15) is 37.6 Å². The number of nitrogens with zero attached hydrogens (tertiary/aromatic N) is 1. The average molecular weight is 294 g/mol. The zero-order valence-corrected chi connectivity index (χ0v) is 12.8. The SMILES string of the molecule is CC(C)CC(C)N(C)C(=O)Nc1ccc(O)c(C(=O)O)c1. The Morgan fingerprint density at radius 1 is 1.29 bits per heavy atom. The standard InChI is InChI=1S/C15H22N2O4/c1-9(2)7-10(3)17(4)15(21)16-11-5-6-13(18)12(8-11)14(19)20/h5-6,8-10,18H,7H2,1-4H3,(H,16,21)(H,19,20). The lowest BCUT2D eigenvalue weighted by atomic mass is 10.0. The first-order valence-electron chi connectivity index (χ1n) is 6.82. The predicted octanol–water partition coefficient (Wildman–Crippen LogP) is 2.99. The number of nitrogens with one attached hydrogen (secondary N) is 1. The number of urea groups is 1. The highest BCUT2D eigenvalue weighted by Gasteiger charge is 2.18. The molecule has 1 aromatic rings. The third kappa shape index (κ3) is 4.66. The van der Waals surface area contributed by atoms with Crippen LogP contribution in [0.15, 0.2) is 18.2 Å². The summed E-state index contributed by atoms with van der Waals surface area (Å²) >= 11 is 0. The lowest BCUT2D eigenvalue weighted by Gasteiger charge is -2.26. The molecule has 0 aliphatic carbocycles. The molecule has 0 aliphatic heterocycles. The molecule has 0 fully saturated rings. The van der Waals surface area contributed by atoms with Gasteiger partial charge in [0.05, 0.1) is 0 Å². The fourth-order valence-electron chi connectivity index (χ4n) is 2.04. The Kier molecular flexibility index (Phi) is 5.58. The van der Waals surface area contributed by atoms with E-state index < -0.39 is 5.97 Å². The molecule has 1 atom stereocenters. The van der Waals surface area contributed by atoms with Crippen LogP contribution in [-0.2, 0) is 0 Å². The summed E-state index contributed by atoms with van der Waals surface area (Å²) in [6.45, 7) is 6.13. The number of aromatic hydroxyl groups is 1. The molecule has 116 valence electrons. The number of hydrogen-bond acceptors (Lipinski definition) is 3. The second kappa shape index (κ2) is 6.97. The minimum absolute atomic E-state index is 0.0704. The van der Waals surface area contributed by atoms with Gasteiger partial charge < -0.3 is 20.4 Å². The molecule has 6 heteroatoms. The molecular weight excluding hydrogens is 272 g/mol. The van der Waals surface area contributed by atoms with Gasteiger partial charge in [0.15, 0.2) is 0 Å². The molecule has 3 N–H and O–H groups in total. The van der Waals surface area contributed by atoms with E-state index in [0.29, 0.717) is 11.6 Å². The number of anilines is 1. The molecule has 0 aliphatic rings. The first-order valence-corrected chi connectivity index (χ1v) is 6.82. The van der Waals surface area contributed by atoms with E-state index in [9.17, 15) is 14.7 Å². The predicted molar refractivity (Wildman–Crippen MR) is 80.8 cm³/mol. The molecule has 0 saturated carbocycles. The van der Waals surface area contributed by atoms with Crippen molar-refractivity contribution >= 4 is 17.7 Å². The monoisotopic (exact) mass is 294 g/mol. The summed E-state index contributed by atoms with van der Waals surface area (Å²) in [7, 11) is 1.70. The van der Waals surface area contributed by atoms with E-state index in [-0.39, 0.29) is 23.4 Å². The summed E-state index contributed by atoms with van der Waals surface area (Å²) in [5.41, 5.74) is 0.0875. The van der Waals surface area contributed by atoms with Crippen LogP contribution in [0.4, 0.5) is 10.5 Å². The fourth-order valence-corrected chi connectivity index (χ4v) is 2.04. The van der Waals surface area contributed by atoms with Crippen molar-refractivity contribution < 1.29 is 19.8 Å². The highest BCUT2D eigenvalue weighted by Crippen LogP contribution is 2.22. The molecule has 21 heavy (non-hydrogen) atoms. The summed E-state index contributed by atoms with van der Waals surface area (Å²) in [5, 5.41) is 21.0. The molecule has 2 amide bonds. The van der Waals surface area contributed by atoms with Crippen LogP contribution in [0.25, 0.3) is 0 Å². The molecule has 0 saturated heterocycles. The van der Waals surface area contributed by atoms with Crippen molar-refractivity contribution in [1.82, 2.24) is 4.90 Å². The molecular formula is C15H22N2O4. The highest BCUT2D eigenvalue weighted by atomic mass is 16.4. The summed E-state index contributed by atoms with van der Waals surface area (Å²) in [6.07, 6.45) is 0.875. The first-order chi connectivity index (χ1) is 9.72. The molecule has 0 bridgehead atoms. The van der Waals surface area contributed by atoms with Gasteiger partial charge in [-0.15, -0.1) is 0 Å². The van der Waals surface area contributed by atoms with Gasteiger partial charge in [-0.25, -0.2) is 9.59 Å². The average Bonchev–Trinajstić information content (AvgIpc) is 2.38. The second-order valence-electron chi connectivity index (χ2n) is 5.56. The molecule has 1 unspecified atom stereocenters. The highest BCUT2D eigenvalue weighted by molar-refractivity contribution is 5.95. The van der Waals surface area contributed by atoms with Crippen LogP contribution in [0.5, 0.6) is 5.75 Å².